The minimum absolute atomic E-state index is 0.144. The normalized spacial score (nSPS) is 12.2. The Bertz CT molecular complexity index is 878. The van der Waals surface area contributed by atoms with Crippen molar-refractivity contribution in [3.63, 3.8) is 0 Å². The van der Waals surface area contributed by atoms with Crippen molar-refractivity contribution in [1.29, 1.82) is 0 Å². The molecule has 168 valence electrons. The largest absolute Gasteiger partial charge is 0.484 e. The van der Waals surface area contributed by atoms with E-state index in [4.69, 9.17) is 16.3 Å². The standard InChI is InChI=1S/C25H33ClN2O3/c1-6-22(24(30)27-25(3,4)5)28(15-14-19-10-8-7-9-11-19)23(29)17-31-20-12-13-21(26)18(2)16-20/h7-13,16,22H,6,14-15,17H2,1-5H3,(H,27,30)/t22-/m0/s1. The lowest BCUT2D eigenvalue weighted by Crippen LogP contribution is -2.54. The molecular weight excluding hydrogens is 412 g/mol. The molecule has 0 saturated heterocycles. The summed E-state index contributed by atoms with van der Waals surface area (Å²) in [5, 5.41) is 3.65. The van der Waals surface area contributed by atoms with Crippen molar-refractivity contribution in [2.45, 2.75) is 59.0 Å². The summed E-state index contributed by atoms with van der Waals surface area (Å²) in [7, 11) is 0. The molecule has 31 heavy (non-hydrogen) atoms. The smallest absolute Gasteiger partial charge is 0.261 e. The highest BCUT2D eigenvalue weighted by atomic mass is 35.5. The maximum absolute atomic E-state index is 13.2. The zero-order chi connectivity index (χ0) is 23.0. The molecule has 2 aromatic carbocycles. The van der Waals surface area contributed by atoms with Gasteiger partial charge in [-0.15, -0.1) is 0 Å². The zero-order valence-corrected chi connectivity index (χ0v) is 19.8. The van der Waals surface area contributed by atoms with E-state index >= 15 is 0 Å². The highest BCUT2D eigenvalue weighted by Crippen LogP contribution is 2.21. The molecule has 6 heteroatoms. The maximum Gasteiger partial charge on any atom is 0.261 e. The SMILES string of the molecule is CC[C@@H](C(=O)NC(C)(C)C)N(CCc1ccccc1)C(=O)COc1ccc(Cl)c(C)c1. The molecule has 0 aromatic heterocycles. The summed E-state index contributed by atoms with van der Waals surface area (Å²) in [6, 6.07) is 14.7. The highest BCUT2D eigenvalue weighted by Gasteiger charge is 2.30. The van der Waals surface area contributed by atoms with E-state index in [2.05, 4.69) is 5.32 Å². The number of hydrogen-bond acceptors (Lipinski definition) is 3. The summed E-state index contributed by atoms with van der Waals surface area (Å²) >= 11 is 6.07. The van der Waals surface area contributed by atoms with Gasteiger partial charge in [0.15, 0.2) is 6.61 Å². The Morgan fingerprint density at radius 2 is 1.81 bits per heavy atom. The van der Waals surface area contributed by atoms with Crippen molar-refractivity contribution in [3.8, 4) is 5.75 Å². The van der Waals surface area contributed by atoms with Gasteiger partial charge in [-0.25, -0.2) is 0 Å². The fourth-order valence-corrected chi connectivity index (χ4v) is 3.40. The Hall–Kier alpha value is -2.53. The monoisotopic (exact) mass is 444 g/mol. The zero-order valence-electron chi connectivity index (χ0n) is 19.1. The predicted molar refractivity (Wildman–Crippen MR) is 126 cm³/mol. The van der Waals surface area contributed by atoms with Gasteiger partial charge in [-0.05, 0) is 69.9 Å². The van der Waals surface area contributed by atoms with E-state index < -0.39 is 6.04 Å². The van der Waals surface area contributed by atoms with Gasteiger partial charge >= 0.3 is 0 Å². The summed E-state index contributed by atoms with van der Waals surface area (Å²) in [4.78, 5) is 27.7. The molecule has 0 unspecified atom stereocenters. The molecule has 0 aliphatic carbocycles. The number of halogens is 1. The Labute approximate surface area is 190 Å². The highest BCUT2D eigenvalue weighted by molar-refractivity contribution is 6.31. The van der Waals surface area contributed by atoms with Gasteiger partial charge in [0.25, 0.3) is 5.91 Å². The quantitative estimate of drug-likeness (QED) is 0.604. The molecule has 0 aliphatic rings. The van der Waals surface area contributed by atoms with E-state index in [1.807, 2.05) is 65.0 Å². The van der Waals surface area contributed by atoms with Crippen LogP contribution >= 0.6 is 11.6 Å². The molecule has 2 aromatic rings. The summed E-state index contributed by atoms with van der Waals surface area (Å²) < 4.78 is 5.73. The third-order valence-corrected chi connectivity index (χ3v) is 5.28. The second-order valence-corrected chi connectivity index (χ2v) is 9.09. The number of aryl methyl sites for hydroxylation is 1. The van der Waals surface area contributed by atoms with E-state index in [9.17, 15) is 9.59 Å². The van der Waals surface area contributed by atoms with E-state index in [1.165, 1.54) is 0 Å². The second-order valence-electron chi connectivity index (χ2n) is 8.69. The van der Waals surface area contributed by atoms with Crippen LogP contribution in [0.5, 0.6) is 5.75 Å². The van der Waals surface area contributed by atoms with Gasteiger partial charge < -0.3 is 15.0 Å². The summed E-state index contributed by atoms with van der Waals surface area (Å²) in [5.41, 5.74) is 1.61. The topological polar surface area (TPSA) is 58.6 Å². The van der Waals surface area contributed by atoms with Crippen molar-refractivity contribution in [1.82, 2.24) is 10.2 Å². The molecule has 0 fully saturated rings. The first-order valence-electron chi connectivity index (χ1n) is 10.6. The summed E-state index contributed by atoms with van der Waals surface area (Å²) in [5.74, 6) is 0.198. The van der Waals surface area contributed by atoms with Crippen molar-refractivity contribution in [2.75, 3.05) is 13.2 Å². The van der Waals surface area contributed by atoms with Crippen molar-refractivity contribution >= 4 is 23.4 Å². The van der Waals surface area contributed by atoms with Crippen molar-refractivity contribution in [2.24, 2.45) is 0 Å². The number of nitrogens with zero attached hydrogens (tertiary/aromatic N) is 1. The molecule has 1 N–H and O–H groups in total. The summed E-state index contributed by atoms with van der Waals surface area (Å²) in [6.45, 7) is 9.88. The number of amides is 2. The van der Waals surface area contributed by atoms with Crippen LogP contribution < -0.4 is 10.1 Å². The average molecular weight is 445 g/mol. The van der Waals surface area contributed by atoms with Gasteiger partial charge in [0.05, 0.1) is 0 Å². The number of rotatable bonds is 9. The average Bonchev–Trinajstić information content (AvgIpc) is 2.71. The van der Waals surface area contributed by atoms with Crippen LogP contribution in [0.25, 0.3) is 0 Å². The van der Waals surface area contributed by atoms with Gasteiger partial charge in [-0.1, -0.05) is 48.9 Å². The Balaban J connectivity index is 2.16. The van der Waals surface area contributed by atoms with Gasteiger partial charge in [-0.2, -0.15) is 0 Å². The molecule has 0 aliphatic heterocycles. The fraction of sp³-hybridized carbons (Fsp3) is 0.440. The molecule has 0 heterocycles. The molecule has 2 rings (SSSR count). The van der Waals surface area contributed by atoms with Crippen LogP contribution in [0.2, 0.25) is 5.02 Å². The van der Waals surface area contributed by atoms with Crippen LogP contribution in [0.4, 0.5) is 0 Å². The lowest BCUT2D eigenvalue weighted by molar-refractivity contribution is -0.142. The number of nitrogens with one attached hydrogen (secondary N) is 1. The lowest BCUT2D eigenvalue weighted by atomic mass is 10.1. The minimum Gasteiger partial charge on any atom is -0.484 e. The number of hydrogen-bond donors (Lipinski definition) is 1. The third kappa shape index (κ3) is 7.91. The first-order valence-corrected chi connectivity index (χ1v) is 11.0. The maximum atomic E-state index is 13.2. The molecule has 0 spiro atoms. The number of carbonyl (C=O) groups is 2. The molecular formula is C25H33ClN2O3. The van der Waals surface area contributed by atoms with Crippen LogP contribution in [-0.2, 0) is 16.0 Å². The molecule has 2 amide bonds. The van der Waals surface area contributed by atoms with Crippen LogP contribution in [-0.4, -0.2) is 41.4 Å². The fourth-order valence-electron chi connectivity index (χ4n) is 3.28. The second kappa shape index (κ2) is 11.2. The number of ether oxygens (including phenoxy) is 1. The van der Waals surface area contributed by atoms with E-state index in [-0.39, 0.29) is 24.0 Å². The van der Waals surface area contributed by atoms with Crippen LogP contribution in [0.15, 0.2) is 48.5 Å². The Morgan fingerprint density at radius 3 is 2.39 bits per heavy atom. The van der Waals surface area contributed by atoms with Gasteiger partial charge in [0.1, 0.15) is 11.8 Å². The van der Waals surface area contributed by atoms with Crippen LogP contribution in [0.3, 0.4) is 0 Å². The van der Waals surface area contributed by atoms with Crippen LogP contribution in [0, 0.1) is 6.92 Å². The predicted octanol–water partition coefficient (Wildman–Crippen LogP) is 4.79. The number of benzene rings is 2. The van der Waals surface area contributed by atoms with E-state index in [0.717, 1.165) is 11.1 Å². The van der Waals surface area contributed by atoms with E-state index in [1.54, 1.807) is 23.1 Å². The molecule has 0 bridgehead atoms. The van der Waals surface area contributed by atoms with Crippen molar-refractivity contribution < 1.29 is 14.3 Å². The molecule has 0 radical (unpaired) electrons. The first kappa shape index (κ1) is 24.7. The molecule has 1 atom stereocenters. The van der Waals surface area contributed by atoms with Crippen molar-refractivity contribution in [3.05, 3.63) is 64.7 Å². The molecule has 5 nitrogen and oxygen atoms in total. The summed E-state index contributed by atoms with van der Waals surface area (Å²) in [6.07, 6.45) is 1.18. The van der Waals surface area contributed by atoms with Gasteiger partial charge in [0.2, 0.25) is 5.91 Å². The Kier molecular flexibility index (Phi) is 8.93. The third-order valence-electron chi connectivity index (χ3n) is 4.86. The van der Waals surface area contributed by atoms with Gasteiger partial charge in [-0.3, -0.25) is 9.59 Å². The molecule has 0 saturated carbocycles. The minimum atomic E-state index is -0.564. The lowest BCUT2D eigenvalue weighted by Gasteiger charge is -2.33. The van der Waals surface area contributed by atoms with Crippen LogP contribution in [0.1, 0.15) is 45.2 Å². The first-order chi connectivity index (χ1) is 14.6. The number of carbonyl (C=O) groups excluding carboxylic acids is 2. The van der Waals surface area contributed by atoms with E-state index in [0.29, 0.717) is 30.2 Å². The van der Waals surface area contributed by atoms with Gasteiger partial charge in [0, 0.05) is 17.1 Å². The Morgan fingerprint density at radius 1 is 1.13 bits per heavy atom.